The molecule has 7 rings (SSSR count). The van der Waals surface area contributed by atoms with E-state index in [2.05, 4.69) is 25.5 Å². The monoisotopic (exact) mass is 435 g/mol. The number of aliphatic carboxylic acids is 1. The molecule has 9 nitrogen and oxygen atoms in total. The third-order valence-corrected chi connectivity index (χ3v) is 7.13. The standard InChI is InChI=1S/C22H22FN7O2/c1-30-7-6-13-19(25-16-11-4-2-10(3-5-11)15(16)22(31)32)26-20(27-21(13)30)17-14-8-12(23)9-24-18(14)29-28-17/h6-11,15-16H,2-5H2,1H3,(H,31,32)(H,24,28,29)(H,25,26,27)/t10?,11?,15-,16-/m0/s1. The Morgan fingerprint density at radius 3 is 2.78 bits per heavy atom. The molecule has 0 aromatic carbocycles. The zero-order chi connectivity index (χ0) is 22.0. The molecule has 3 fully saturated rings. The highest BCUT2D eigenvalue weighted by atomic mass is 19.1. The van der Waals surface area contributed by atoms with Gasteiger partial charge in [0.25, 0.3) is 0 Å². The lowest BCUT2D eigenvalue weighted by Crippen LogP contribution is -2.51. The van der Waals surface area contributed by atoms with E-state index in [1.54, 1.807) is 0 Å². The van der Waals surface area contributed by atoms with Crippen LogP contribution in [0.3, 0.4) is 0 Å². The molecule has 0 radical (unpaired) electrons. The molecule has 4 aromatic heterocycles. The van der Waals surface area contributed by atoms with Crippen molar-refractivity contribution in [3.63, 3.8) is 0 Å². The van der Waals surface area contributed by atoms with Crippen molar-refractivity contribution in [2.24, 2.45) is 24.8 Å². The Morgan fingerprint density at radius 2 is 2.00 bits per heavy atom. The maximum atomic E-state index is 13.9. The number of aromatic amines is 1. The molecule has 0 amide bonds. The van der Waals surface area contributed by atoms with Crippen molar-refractivity contribution < 1.29 is 14.3 Å². The van der Waals surface area contributed by atoms with Crippen molar-refractivity contribution in [3.05, 3.63) is 30.3 Å². The highest BCUT2D eigenvalue weighted by Gasteiger charge is 2.47. The van der Waals surface area contributed by atoms with E-state index in [-0.39, 0.29) is 12.0 Å². The van der Waals surface area contributed by atoms with Crippen molar-refractivity contribution >= 4 is 33.9 Å². The van der Waals surface area contributed by atoms with Crippen molar-refractivity contribution in [2.45, 2.75) is 31.7 Å². The van der Waals surface area contributed by atoms with Crippen LogP contribution in [-0.2, 0) is 11.8 Å². The number of anilines is 1. The van der Waals surface area contributed by atoms with E-state index in [4.69, 9.17) is 4.98 Å². The van der Waals surface area contributed by atoms with E-state index in [0.29, 0.717) is 39.9 Å². The van der Waals surface area contributed by atoms with Gasteiger partial charge >= 0.3 is 5.97 Å². The molecule has 4 heterocycles. The molecule has 3 aliphatic rings. The fraction of sp³-hybridized carbons (Fsp3) is 0.409. The Labute approximate surface area is 182 Å². The van der Waals surface area contributed by atoms with Crippen LogP contribution in [0.4, 0.5) is 10.2 Å². The van der Waals surface area contributed by atoms with Gasteiger partial charge in [-0.25, -0.2) is 19.3 Å². The number of carboxylic acid groups (broad SMARTS) is 1. The van der Waals surface area contributed by atoms with Gasteiger partial charge in [-0.3, -0.25) is 9.89 Å². The molecule has 2 atom stereocenters. The number of rotatable bonds is 4. The van der Waals surface area contributed by atoms with Gasteiger partial charge in [-0.1, -0.05) is 0 Å². The molecule has 0 spiro atoms. The number of aryl methyl sites for hydroxylation is 1. The van der Waals surface area contributed by atoms with Gasteiger partial charge in [0, 0.05) is 19.3 Å². The molecule has 0 unspecified atom stereocenters. The van der Waals surface area contributed by atoms with Gasteiger partial charge in [0.1, 0.15) is 23.0 Å². The number of pyridine rings is 1. The maximum absolute atomic E-state index is 13.9. The van der Waals surface area contributed by atoms with Crippen LogP contribution in [0.5, 0.6) is 0 Å². The molecule has 2 bridgehead atoms. The summed E-state index contributed by atoms with van der Waals surface area (Å²) >= 11 is 0. The first kappa shape index (κ1) is 19.1. The van der Waals surface area contributed by atoms with Gasteiger partial charge in [-0.05, 0) is 49.7 Å². The van der Waals surface area contributed by atoms with Gasteiger partial charge in [0.05, 0.1) is 22.9 Å². The molecule has 0 aliphatic heterocycles. The number of fused-ring (bicyclic) bond motifs is 5. The smallest absolute Gasteiger partial charge is 0.308 e. The summed E-state index contributed by atoms with van der Waals surface area (Å²) in [4.78, 5) is 25.6. The maximum Gasteiger partial charge on any atom is 0.308 e. The van der Waals surface area contributed by atoms with E-state index in [1.165, 1.54) is 6.07 Å². The molecule has 3 N–H and O–H groups in total. The number of carboxylic acids is 1. The summed E-state index contributed by atoms with van der Waals surface area (Å²) in [5, 5.41) is 21.8. The molecule has 4 aromatic rings. The van der Waals surface area contributed by atoms with Crippen LogP contribution in [0, 0.1) is 23.6 Å². The highest BCUT2D eigenvalue weighted by molar-refractivity contribution is 5.93. The largest absolute Gasteiger partial charge is 0.481 e. The van der Waals surface area contributed by atoms with Crippen LogP contribution in [0.2, 0.25) is 0 Å². The molecular formula is C22H22FN7O2. The minimum atomic E-state index is -0.753. The molecule has 3 saturated carbocycles. The van der Waals surface area contributed by atoms with Crippen LogP contribution in [0.15, 0.2) is 24.5 Å². The van der Waals surface area contributed by atoms with E-state index in [9.17, 15) is 14.3 Å². The quantitative estimate of drug-likeness (QED) is 0.449. The predicted molar refractivity (Wildman–Crippen MR) is 115 cm³/mol. The lowest BCUT2D eigenvalue weighted by Gasteiger charge is -2.47. The lowest BCUT2D eigenvalue weighted by atomic mass is 9.61. The SMILES string of the molecule is Cn1ccc2c(N[C@H]3C4CCC(CC4)[C@@H]3C(=O)O)nc(-c3[nH]nc4ncc(F)cc34)nc21. The molecule has 3 aliphatic carbocycles. The molecule has 0 saturated heterocycles. The van der Waals surface area contributed by atoms with Gasteiger partial charge in [0.2, 0.25) is 0 Å². The molecule has 164 valence electrons. The predicted octanol–water partition coefficient (Wildman–Crippen LogP) is 3.35. The zero-order valence-electron chi connectivity index (χ0n) is 17.4. The average Bonchev–Trinajstić information content (AvgIpc) is 3.37. The van der Waals surface area contributed by atoms with Gasteiger partial charge in [0.15, 0.2) is 11.5 Å². The van der Waals surface area contributed by atoms with E-state index in [0.717, 1.165) is 37.3 Å². The Bertz CT molecular complexity index is 1360. The fourth-order valence-electron chi connectivity index (χ4n) is 5.57. The molecular weight excluding hydrogens is 413 g/mol. The van der Waals surface area contributed by atoms with Crippen molar-refractivity contribution in [1.29, 1.82) is 0 Å². The first-order valence-corrected chi connectivity index (χ1v) is 10.8. The number of carbonyl (C=O) groups is 1. The average molecular weight is 435 g/mol. The number of halogens is 1. The second kappa shape index (κ2) is 6.98. The van der Waals surface area contributed by atoms with E-state index in [1.807, 2.05) is 23.9 Å². The Kier molecular flexibility index (Phi) is 4.17. The zero-order valence-corrected chi connectivity index (χ0v) is 17.4. The number of nitrogens with one attached hydrogen (secondary N) is 2. The first-order chi connectivity index (χ1) is 15.5. The van der Waals surface area contributed by atoms with Gasteiger partial charge in [-0.15, -0.1) is 0 Å². The summed E-state index contributed by atoms with van der Waals surface area (Å²) in [5.74, 6) is -0.243. The van der Waals surface area contributed by atoms with Crippen LogP contribution in [-0.4, -0.2) is 46.8 Å². The molecule has 32 heavy (non-hydrogen) atoms. The summed E-state index contributed by atoms with van der Waals surface area (Å²) in [5.41, 5.74) is 1.54. The van der Waals surface area contributed by atoms with E-state index >= 15 is 0 Å². The summed E-state index contributed by atoms with van der Waals surface area (Å²) in [6.45, 7) is 0. The van der Waals surface area contributed by atoms with E-state index < -0.39 is 17.7 Å². The van der Waals surface area contributed by atoms with Crippen molar-refractivity contribution in [2.75, 3.05) is 5.32 Å². The molecule has 10 heteroatoms. The number of hydrogen-bond donors (Lipinski definition) is 3. The van der Waals surface area contributed by atoms with Gasteiger partial charge < -0.3 is 15.0 Å². The fourth-order valence-corrected chi connectivity index (χ4v) is 5.57. The number of aromatic nitrogens is 6. The normalized spacial score (nSPS) is 24.9. The minimum absolute atomic E-state index is 0.188. The van der Waals surface area contributed by atoms with Gasteiger partial charge in [-0.2, -0.15) is 5.10 Å². The van der Waals surface area contributed by atoms with Crippen LogP contribution in [0.1, 0.15) is 25.7 Å². The third kappa shape index (κ3) is 2.85. The van der Waals surface area contributed by atoms with Crippen molar-refractivity contribution in [3.8, 4) is 11.5 Å². The minimum Gasteiger partial charge on any atom is -0.481 e. The number of hydrogen-bond acceptors (Lipinski definition) is 6. The summed E-state index contributed by atoms with van der Waals surface area (Å²) < 4.78 is 15.7. The summed E-state index contributed by atoms with van der Waals surface area (Å²) in [7, 11) is 1.89. The first-order valence-electron chi connectivity index (χ1n) is 10.8. The summed E-state index contributed by atoms with van der Waals surface area (Å²) in [6.07, 6.45) is 6.99. The van der Waals surface area contributed by atoms with Crippen LogP contribution < -0.4 is 5.32 Å². The second-order valence-electron chi connectivity index (χ2n) is 8.89. The van der Waals surface area contributed by atoms with Crippen molar-refractivity contribution in [1.82, 2.24) is 29.7 Å². The Morgan fingerprint density at radius 1 is 1.22 bits per heavy atom. The second-order valence-corrected chi connectivity index (χ2v) is 8.89. The topological polar surface area (TPSA) is 122 Å². The highest BCUT2D eigenvalue weighted by Crippen LogP contribution is 2.46. The van der Waals surface area contributed by atoms with Crippen LogP contribution in [0.25, 0.3) is 33.6 Å². The number of H-pyrrole nitrogens is 1. The van der Waals surface area contributed by atoms with Crippen LogP contribution >= 0.6 is 0 Å². The third-order valence-electron chi connectivity index (χ3n) is 7.13. The Balaban J connectivity index is 1.48. The summed E-state index contributed by atoms with van der Waals surface area (Å²) in [6, 6.07) is 3.08. The lowest BCUT2D eigenvalue weighted by molar-refractivity contribution is -0.148. The number of nitrogens with zero attached hydrogens (tertiary/aromatic N) is 5. The Hall–Kier alpha value is -3.56.